The van der Waals surface area contributed by atoms with Crippen LogP contribution in [0.1, 0.15) is 24.2 Å². The van der Waals surface area contributed by atoms with E-state index in [4.69, 9.17) is 0 Å². The predicted octanol–water partition coefficient (Wildman–Crippen LogP) is 2.76. The number of benzene rings is 2. The number of carbonyl (C=O) groups excluding carboxylic acids is 1. The van der Waals surface area contributed by atoms with Gasteiger partial charge >= 0.3 is 0 Å². The summed E-state index contributed by atoms with van der Waals surface area (Å²) in [5.41, 5.74) is 1.00. The van der Waals surface area contributed by atoms with Gasteiger partial charge in [0, 0.05) is 37.8 Å². The lowest BCUT2D eigenvalue weighted by molar-refractivity contribution is 0.0655. The van der Waals surface area contributed by atoms with Crippen LogP contribution in [0, 0.1) is 0 Å². The van der Waals surface area contributed by atoms with Gasteiger partial charge in [-0.1, -0.05) is 24.3 Å². The Bertz CT molecular complexity index is 906. The van der Waals surface area contributed by atoms with Crippen LogP contribution in [0.3, 0.4) is 0 Å². The number of piperazine rings is 1. The first kappa shape index (κ1) is 22.2. The van der Waals surface area contributed by atoms with Gasteiger partial charge in [0.25, 0.3) is 15.9 Å². The normalized spacial score (nSPS) is 16.9. The molecule has 1 aliphatic heterocycles. The minimum absolute atomic E-state index is 0. The second kappa shape index (κ2) is 9.41. The van der Waals surface area contributed by atoms with Crippen molar-refractivity contribution >= 4 is 34.0 Å². The highest BCUT2D eigenvalue weighted by Gasteiger charge is 2.27. The van der Waals surface area contributed by atoms with Crippen molar-refractivity contribution < 1.29 is 13.2 Å². The number of nitrogens with one attached hydrogen (secondary N) is 1. The summed E-state index contributed by atoms with van der Waals surface area (Å²) in [6.07, 6.45) is 0. The summed E-state index contributed by atoms with van der Waals surface area (Å²) >= 11 is 0. The number of amides is 1. The maximum absolute atomic E-state index is 13.2. The highest BCUT2D eigenvalue weighted by atomic mass is 35.5. The van der Waals surface area contributed by atoms with E-state index in [1.165, 1.54) is 10.4 Å². The van der Waals surface area contributed by atoms with Crippen LogP contribution in [0.15, 0.2) is 59.5 Å². The zero-order valence-corrected chi connectivity index (χ0v) is 17.7. The Hall–Kier alpha value is -2.09. The number of anilines is 1. The zero-order chi connectivity index (χ0) is 19.4. The van der Waals surface area contributed by atoms with Crippen molar-refractivity contribution in [3.05, 3.63) is 60.2 Å². The van der Waals surface area contributed by atoms with E-state index in [1.807, 2.05) is 13.0 Å². The van der Waals surface area contributed by atoms with Crippen LogP contribution in [0.25, 0.3) is 0 Å². The summed E-state index contributed by atoms with van der Waals surface area (Å²) in [4.78, 5) is 14.8. The number of para-hydroxylation sites is 1. The van der Waals surface area contributed by atoms with Gasteiger partial charge in [-0.15, -0.1) is 12.4 Å². The molecular weight excluding hydrogens is 398 g/mol. The fourth-order valence-corrected chi connectivity index (χ4v) is 4.83. The van der Waals surface area contributed by atoms with Gasteiger partial charge in [-0.3, -0.25) is 9.10 Å². The van der Waals surface area contributed by atoms with Crippen molar-refractivity contribution in [3.8, 4) is 0 Å². The zero-order valence-electron chi connectivity index (χ0n) is 16.0. The molecule has 1 amide bonds. The first-order valence-electron chi connectivity index (χ1n) is 9.14. The molecule has 3 rings (SSSR count). The monoisotopic (exact) mass is 423 g/mol. The molecule has 0 aliphatic carbocycles. The Labute approximate surface area is 173 Å². The van der Waals surface area contributed by atoms with Crippen LogP contribution < -0.4 is 9.62 Å². The van der Waals surface area contributed by atoms with Gasteiger partial charge in [-0.2, -0.15) is 0 Å². The predicted molar refractivity (Wildman–Crippen MR) is 114 cm³/mol. The molecule has 1 heterocycles. The first-order chi connectivity index (χ1) is 12.9. The summed E-state index contributed by atoms with van der Waals surface area (Å²) in [6.45, 7) is 6.18. The summed E-state index contributed by atoms with van der Waals surface area (Å²) in [6, 6.07) is 15.4. The average molecular weight is 424 g/mol. The van der Waals surface area contributed by atoms with E-state index in [-0.39, 0.29) is 29.3 Å². The van der Waals surface area contributed by atoms with Gasteiger partial charge in [-0.05, 0) is 44.2 Å². The second-order valence-corrected chi connectivity index (χ2v) is 8.45. The fraction of sp³-hybridized carbons (Fsp3) is 0.350. The van der Waals surface area contributed by atoms with E-state index < -0.39 is 10.0 Å². The Balaban J connectivity index is 0.00000280. The largest absolute Gasteiger partial charge is 0.333 e. The van der Waals surface area contributed by atoms with Crippen LogP contribution >= 0.6 is 12.4 Å². The van der Waals surface area contributed by atoms with E-state index in [1.54, 1.807) is 54.3 Å². The lowest BCUT2D eigenvalue weighted by atomic mass is 10.1. The third-order valence-electron chi connectivity index (χ3n) is 4.76. The first-order valence-corrected chi connectivity index (χ1v) is 10.6. The van der Waals surface area contributed by atoms with Crippen LogP contribution in [0.2, 0.25) is 0 Å². The molecule has 0 aromatic heterocycles. The van der Waals surface area contributed by atoms with E-state index >= 15 is 0 Å². The van der Waals surface area contributed by atoms with Crippen LogP contribution in [0.4, 0.5) is 5.69 Å². The van der Waals surface area contributed by atoms with Crippen molar-refractivity contribution in [1.82, 2.24) is 10.2 Å². The van der Waals surface area contributed by atoms with Crippen LogP contribution in [-0.4, -0.2) is 51.4 Å². The van der Waals surface area contributed by atoms with Crippen molar-refractivity contribution in [3.63, 3.8) is 0 Å². The minimum Gasteiger partial charge on any atom is -0.333 e. The maximum atomic E-state index is 13.2. The molecule has 1 aliphatic rings. The number of rotatable bonds is 5. The minimum atomic E-state index is -3.75. The Morgan fingerprint density at radius 3 is 2.54 bits per heavy atom. The third kappa shape index (κ3) is 4.48. The third-order valence-corrected chi connectivity index (χ3v) is 6.66. The number of hydrogen-bond acceptors (Lipinski definition) is 4. The Morgan fingerprint density at radius 1 is 1.18 bits per heavy atom. The van der Waals surface area contributed by atoms with Gasteiger partial charge in [-0.25, -0.2) is 8.42 Å². The molecule has 0 bridgehead atoms. The summed E-state index contributed by atoms with van der Waals surface area (Å²) in [5, 5.41) is 3.25. The molecule has 0 saturated carbocycles. The van der Waals surface area contributed by atoms with Crippen molar-refractivity contribution in [2.45, 2.75) is 24.8 Å². The molecule has 2 aromatic carbocycles. The molecule has 1 atom stereocenters. The molecule has 1 saturated heterocycles. The molecule has 6 nitrogen and oxygen atoms in total. The van der Waals surface area contributed by atoms with E-state index in [2.05, 4.69) is 5.32 Å². The Kier molecular flexibility index (Phi) is 7.46. The smallest absolute Gasteiger partial charge is 0.264 e. The highest BCUT2D eigenvalue weighted by molar-refractivity contribution is 7.92. The number of nitrogens with zero attached hydrogens (tertiary/aromatic N) is 2. The lowest BCUT2D eigenvalue weighted by Gasteiger charge is -2.34. The van der Waals surface area contributed by atoms with Crippen molar-refractivity contribution in [1.29, 1.82) is 0 Å². The van der Waals surface area contributed by atoms with Gasteiger partial charge < -0.3 is 10.2 Å². The van der Waals surface area contributed by atoms with E-state index in [0.717, 1.165) is 13.1 Å². The van der Waals surface area contributed by atoms with Gasteiger partial charge in [0.2, 0.25) is 0 Å². The maximum Gasteiger partial charge on any atom is 0.264 e. The SMILES string of the molecule is CCN(c1ccccc1)S(=O)(=O)c1cccc(C(=O)N2CCNC[C@@H]2C)c1.Cl. The van der Waals surface area contributed by atoms with Gasteiger partial charge in [0.05, 0.1) is 10.6 Å². The molecule has 0 unspecified atom stereocenters. The molecule has 0 radical (unpaired) electrons. The summed E-state index contributed by atoms with van der Waals surface area (Å²) < 4.78 is 27.7. The summed E-state index contributed by atoms with van der Waals surface area (Å²) in [7, 11) is -3.75. The molecule has 152 valence electrons. The van der Waals surface area contributed by atoms with Crippen LogP contribution in [0.5, 0.6) is 0 Å². The molecule has 2 aromatic rings. The number of sulfonamides is 1. The van der Waals surface area contributed by atoms with Crippen molar-refractivity contribution in [2.24, 2.45) is 0 Å². The quantitative estimate of drug-likeness (QED) is 0.802. The second-order valence-electron chi connectivity index (χ2n) is 6.58. The molecule has 8 heteroatoms. The highest BCUT2D eigenvalue weighted by Crippen LogP contribution is 2.24. The lowest BCUT2D eigenvalue weighted by Crippen LogP contribution is -2.52. The molecule has 0 spiro atoms. The molecular formula is C20H26ClN3O3S. The van der Waals surface area contributed by atoms with Gasteiger partial charge in [0.15, 0.2) is 0 Å². The van der Waals surface area contributed by atoms with Crippen molar-refractivity contribution in [2.75, 3.05) is 30.5 Å². The van der Waals surface area contributed by atoms with E-state index in [9.17, 15) is 13.2 Å². The molecule has 1 fully saturated rings. The fourth-order valence-electron chi connectivity index (χ4n) is 3.31. The van der Waals surface area contributed by atoms with E-state index in [0.29, 0.717) is 24.3 Å². The van der Waals surface area contributed by atoms with Gasteiger partial charge in [0.1, 0.15) is 0 Å². The number of carbonyl (C=O) groups is 1. The standard InChI is InChI=1S/C20H25N3O3S.ClH/c1-3-23(18-9-5-4-6-10-18)27(25,26)19-11-7-8-17(14-19)20(24)22-13-12-21-15-16(22)2;/h4-11,14,16,21H,3,12-13,15H2,1-2H3;1H/t16-;/m0./s1. The molecule has 1 N–H and O–H groups in total. The number of halogens is 1. The Morgan fingerprint density at radius 2 is 1.89 bits per heavy atom. The average Bonchev–Trinajstić information content (AvgIpc) is 2.69. The molecule has 28 heavy (non-hydrogen) atoms. The topological polar surface area (TPSA) is 69.7 Å². The number of hydrogen-bond donors (Lipinski definition) is 1. The van der Waals surface area contributed by atoms with Crippen LogP contribution in [-0.2, 0) is 10.0 Å². The summed E-state index contributed by atoms with van der Waals surface area (Å²) in [5.74, 6) is -0.135.